The van der Waals surface area contributed by atoms with Crippen LogP contribution in [0.15, 0.2) is 11.4 Å². The molecule has 4 aliphatic carbocycles. The molecule has 4 aliphatic rings. The third-order valence-corrected chi connectivity index (χ3v) is 6.81. The molecule has 0 amide bonds. The van der Waals surface area contributed by atoms with Crippen LogP contribution in [0.1, 0.15) is 61.5 Å². The van der Waals surface area contributed by atoms with Gasteiger partial charge in [-0.05, 0) is 92.0 Å². The van der Waals surface area contributed by atoms with E-state index in [2.05, 4.69) is 18.4 Å². The van der Waals surface area contributed by atoms with Gasteiger partial charge in [0, 0.05) is 4.88 Å². The molecule has 0 saturated heterocycles. The lowest BCUT2D eigenvalue weighted by Gasteiger charge is -2.57. The summed E-state index contributed by atoms with van der Waals surface area (Å²) >= 11 is 1.77. The molecule has 1 aromatic heterocycles. The third kappa shape index (κ3) is 2.17. The second-order valence-corrected chi connectivity index (χ2v) is 8.74. The van der Waals surface area contributed by atoms with Crippen molar-refractivity contribution in [1.29, 1.82) is 0 Å². The van der Waals surface area contributed by atoms with E-state index in [4.69, 9.17) is 0 Å². The number of hydrogen-bond acceptors (Lipinski definition) is 2. The van der Waals surface area contributed by atoms with Crippen LogP contribution in [-0.4, -0.2) is 5.11 Å². The minimum absolute atomic E-state index is 0.221. The summed E-state index contributed by atoms with van der Waals surface area (Å²) in [6.07, 6.45) is 9.48. The van der Waals surface area contributed by atoms with E-state index in [-0.39, 0.29) is 6.10 Å². The van der Waals surface area contributed by atoms with Gasteiger partial charge in [-0.2, -0.15) is 0 Å². The van der Waals surface area contributed by atoms with E-state index in [1.807, 2.05) is 0 Å². The molecule has 0 aliphatic heterocycles. The summed E-state index contributed by atoms with van der Waals surface area (Å²) in [6.45, 7) is 2.13. The molecule has 1 heterocycles. The molecule has 1 N–H and O–H groups in total. The maximum absolute atomic E-state index is 10.6. The normalized spacial score (nSPS) is 41.7. The molecule has 1 atom stereocenters. The van der Waals surface area contributed by atoms with Crippen molar-refractivity contribution in [3.63, 3.8) is 0 Å². The molecule has 104 valence electrons. The number of aliphatic hydroxyl groups is 1. The lowest BCUT2D eigenvalue weighted by atomic mass is 9.48. The molecule has 2 heteroatoms. The van der Waals surface area contributed by atoms with Crippen LogP contribution in [-0.2, 0) is 0 Å². The van der Waals surface area contributed by atoms with Gasteiger partial charge in [0.25, 0.3) is 0 Å². The van der Waals surface area contributed by atoms with Gasteiger partial charge in [0.15, 0.2) is 0 Å². The van der Waals surface area contributed by atoms with E-state index in [1.54, 1.807) is 11.3 Å². The summed E-state index contributed by atoms with van der Waals surface area (Å²) < 4.78 is 0. The number of hydrogen-bond donors (Lipinski definition) is 1. The van der Waals surface area contributed by atoms with Crippen LogP contribution in [0, 0.1) is 30.1 Å². The molecule has 0 radical (unpaired) electrons. The van der Waals surface area contributed by atoms with Gasteiger partial charge in [0.2, 0.25) is 0 Å². The largest absolute Gasteiger partial charge is 0.388 e. The highest BCUT2D eigenvalue weighted by atomic mass is 32.1. The van der Waals surface area contributed by atoms with Crippen molar-refractivity contribution in [3.8, 4) is 0 Å². The minimum Gasteiger partial charge on any atom is -0.388 e. The van der Waals surface area contributed by atoms with Crippen molar-refractivity contribution in [2.75, 3.05) is 0 Å². The summed E-state index contributed by atoms with van der Waals surface area (Å²) in [4.78, 5) is 1.32. The summed E-state index contributed by atoms with van der Waals surface area (Å²) in [6, 6.07) is 2.18. The van der Waals surface area contributed by atoms with Crippen LogP contribution >= 0.6 is 11.3 Å². The van der Waals surface area contributed by atoms with Crippen molar-refractivity contribution in [2.45, 2.75) is 58.0 Å². The zero-order chi connectivity index (χ0) is 13.0. The Kier molecular flexibility index (Phi) is 2.82. The summed E-state index contributed by atoms with van der Waals surface area (Å²) in [5, 5.41) is 12.8. The standard InChI is InChI=1S/C17H24OS/c1-11-2-15(10-19-11)16(18)9-17-6-12-3-13(7-17)5-14(4-12)8-17/h2,10,12-14,16,18H,3-9H2,1H3. The van der Waals surface area contributed by atoms with Crippen molar-refractivity contribution >= 4 is 11.3 Å². The molecule has 5 rings (SSSR count). The van der Waals surface area contributed by atoms with Crippen LogP contribution in [0.5, 0.6) is 0 Å². The van der Waals surface area contributed by atoms with E-state index in [9.17, 15) is 5.11 Å². The Balaban J connectivity index is 1.53. The quantitative estimate of drug-likeness (QED) is 0.848. The van der Waals surface area contributed by atoms with E-state index in [1.165, 1.54) is 49.0 Å². The first-order chi connectivity index (χ1) is 9.12. The van der Waals surface area contributed by atoms with Gasteiger partial charge in [-0.3, -0.25) is 0 Å². The van der Waals surface area contributed by atoms with Gasteiger partial charge >= 0.3 is 0 Å². The van der Waals surface area contributed by atoms with Gasteiger partial charge in [0.05, 0.1) is 6.10 Å². The Morgan fingerprint density at radius 1 is 1.21 bits per heavy atom. The summed E-state index contributed by atoms with van der Waals surface area (Å²) in [7, 11) is 0. The number of thiophene rings is 1. The fourth-order valence-electron chi connectivity index (χ4n) is 5.71. The van der Waals surface area contributed by atoms with E-state index in [0.29, 0.717) is 5.41 Å². The van der Waals surface area contributed by atoms with Crippen LogP contribution in [0.3, 0.4) is 0 Å². The van der Waals surface area contributed by atoms with Gasteiger partial charge in [-0.15, -0.1) is 11.3 Å². The molecule has 1 aromatic rings. The summed E-state index contributed by atoms with van der Waals surface area (Å²) in [5.41, 5.74) is 1.66. The van der Waals surface area contributed by atoms with Crippen molar-refractivity contribution in [2.24, 2.45) is 23.2 Å². The van der Waals surface area contributed by atoms with Crippen LogP contribution in [0.25, 0.3) is 0 Å². The SMILES string of the molecule is Cc1cc(C(O)CC23CC4CC(CC(C4)C2)C3)cs1. The second kappa shape index (κ2) is 4.33. The topological polar surface area (TPSA) is 20.2 Å². The molecule has 19 heavy (non-hydrogen) atoms. The predicted molar refractivity (Wildman–Crippen MR) is 79.2 cm³/mol. The zero-order valence-corrected chi connectivity index (χ0v) is 12.6. The number of rotatable bonds is 3. The number of aliphatic hydroxyl groups excluding tert-OH is 1. The summed E-state index contributed by atoms with van der Waals surface area (Å²) in [5.74, 6) is 2.97. The molecule has 4 bridgehead atoms. The fraction of sp³-hybridized carbons (Fsp3) is 0.765. The number of aryl methyl sites for hydroxylation is 1. The molecular formula is C17H24OS. The molecule has 0 aromatic carbocycles. The highest BCUT2D eigenvalue weighted by molar-refractivity contribution is 7.10. The van der Waals surface area contributed by atoms with E-state index >= 15 is 0 Å². The molecule has 1 unspecified atom stereocenters. The fourth-order valence-corrected chi connectivity index (χ4v) is 6.46. The highest BCUT2D eigenvalue weighted by Crippen LogP contribution is 2.62. The maximum atomic E-state index is 10.6. The van der Waals surface area contributed by atoms with E-state index in [0.717, 1.165) is 24.2 Å². The second-order valence-electron chi connectivity index (χ2n) is 7.63. The maximum Gasteiger partial charge on any atom is 0.0803 e. The molecule has 0 spiro atoms. The monoisotopic (exact) mass is 276 g/mol. The molecule has 1 nitrogen and oxygen atoms in total. The first-order valence-electron chi connectivity index (χ1n) is 7.85. The van der Waals surface area contributed by atoms with Gasteiger partial charge in [-0.25, -0.2) is 0 Å². The Hall–Kier alpha value is -0.340. The van der Waals surface area contributed by atoms with E-state index < -0.39 is 0 Å². The molecular weight excluding hydrogens is 252 g/mol. The van der Waals surface area contributed by atoms with Crippen LogP contribution < -0.4 is 0 Å². The van der Waals surface area contributed by atoms with Crippen molar-refractivity contribution in [1.82, 2.24) is 0 Å². The van der Waals surface area contributed by atoms with Crippen LogP contribution in [0.2, 0.25) is 0 Å². The molecule has 4 fully saturated rings. The lowest BCUT2D eigenvalue weighted by Crippen LogP contribution is -2.46. The first-order valence-corrected chi connectivity index (χ1v) is 8.73. The Labute approximate surface area is 120 Å². The average Bonchev–Trinajstić information content (AvgIpc) is 2.73. The van der Waals surface area contributed by atoms with Crippen LogP contribution in [0.4, 0.5) is 0 Å². The highest BCUT2D eigenvalue weighted by Gasteiger charge is 2.51. The average molecular weight is 276 g/mol. The Morgan fingerprint density at radius 3 is 2.26 bits per heavy atom. The van der Waals surface area contributed by atoms with Gasteiger partial charge < -0.3 is 5.11 Å². The van der Waals surface area contributed by atoms with Crippen molar-refractivity contribution < 1.29 is 5.11 Å². The minimum atomic E-state index is -0.221. The van der Waals surface area contributed by atoms with Gasteiger partial charge in [0.1, 0.15) is 0 Å². The Morgan fingerprint density at radius 2 is 1.79 bits per heavy atom. The first kappa shape index (κ1) is 12.4. The predicted octanol–water partition coefficient (Wildman–Crippen LogP) is 4.70. The lowest BCUT2D eigenvalue weighted by molar-refractivity contribution is -0.0763. The van der Waals surface area contributed by atoms with Crippen molar-refractivity contribution in [3.05, 3.63) is 21.9 Å². The zero-order valence-electron chi connectivity index (χ0n) is 11.8. The Bertz CT molecular complexity index is 440. The smallest absolute Gasteiger partial charge is 0.0803 e. The third-order valence-electron chi connectivity index (χ3n) is 5.93. The molecule has 4 saturated carbocycles. The van der Waals surface area contributed by atoms with Gasteiger partial charge in [-0.1, -0.05) is 0 Å².